The van der Waals surface area contributed by atoms with Gasteiger partial charge >= 0.3 is 5.97 Å². The highest BCUT2D eigenvalue weighted by molar-refractivity contribution is 5.93. The Morgan fingerprint density at radius 2 is 1.71 bits per heavy atom. The van der Waals surface area contributed by atoms with Crippen molar-refractivity contribution in [3.8, 4) is 5.75 Å². The van der Waals surface area contributed by atoms with E-state index >= 15 is 0 Å². The van der Waals surface area contributed by atoms with Gasteiger partial charge in [-0.2, -0.15) is 0 Å². The van der Waals surface area contributed by atoms with Gasteiger partial charge in [-0.05, 0) is 68.3 Å². The molecule has 1 N–H and O–H groups in total. The second-order valence-electron chi connectivity index (χ2n) is 6.61. The van der Waals surface area contributed by atoms with E-state index in [1.54, 1.807) is 0 Å². The molecule has 0 spiro atoms. The number of ether oxygens (including phenoxy) is 2. The van der Waals surface area contributed by atoms with E-state index in [2.05, 4.69) is 10.2 Å². The van der Waals surface area contributed by atoms with Crippen molar-refractivity contribution in [2.24, 2.45) is 0 Å². The minimum Gasteiger partial charge on any atom is -0.479 e. The third kappa shape index (κ3) is 5.45. The number of nitrogens with zero attached hydrogens (tertiary/aromatic N) is 1. The first-order chi connectivity index (χ1) is 13.5. The second kappa shape index (κ2) is 9.21. The van der Waals surface area contributed by atoms with Crippen LogP contribution >= 0.6 is 0 Å². The summed E-state index contributed by atoms with van der Waals surface area (Å²) < 4.78 is 23.2. The van der Waals surface area contributed by atoms with Crippen LogP contribution in [0.1, 0.15) is 19.8 Å². The lowest BCUT2D eigenvalue weighted by Gasteiger charge is -2.18. The molecule has 0 saturated carbocycles. The van der Waals surface area contributed by atoms with Crippen molar-refractivity contribution >= 4 is 23.3 Å². The molecular formula is C21H23FN2O4. The van der Waals surface area contributed by atoms with Crippen molar-refractivity contribution in [3.63, 3.8) is 0 Å². The number of amides is 1. The number of carbonyl (C=O) groups excluding carboxylic acids is 2. The summed E-state index contributed by atoms with van der Waals surface area (Å²) in [7, 11) is 0. The van der Waals surface area contributed by atoms with Gasteiger partial charge in [0, 0.05) is 24.5 Å². The van der Waals surface area contributed by atoms with Gasteiger partial charge in [-0.15, -0.1) is 0 Å². The van der Waals surface area contributed by atoms with E-state index in [0.717, 1.165) is 18.8 Å². The van der Waals surface area contributed by atoms with E-state index in [4.69, 9.17) is 9.47 Å². The molecule has 1 amide bonds. The van der Waals surface area contributed by atoms with E-state index in [9.17, 15) is 14.0 Å². The highest BCUT2D eigenvalue weighted by Gasteiger charge is 2.18. The van der Waals surface area contributed by atoms with Gasteiger partial charge in [-0.25, -0.2) is 9.18 Å². The fraction of sp³-hybridized carbons (Fsp3) is 0.333. The first kappa shape index (κ1) is 19.7. The molecule has 1 aliphatic heterocycles. The highest BCUT2D eigenvalue weighted by Crippen LogP contribution is 2.22. The van der Waals surface area contributed by atoms with Gasteiger partial charge in [0.05, 0.1) is 0 Å². The maximum atomic E-state index is 12.9. The zero-order chi connectivity index (χ0) is 19.9. The Morgan fingerprint density at radius 1 is 1.07 bits per heavy atom. The molecule has 0 radical (unpaired) electrons. The number of anilines is 2. The number of esters is 1. The van der Waals surface area contributed by atoms with Crippen molar-refractivity contribution in [2.75, 3.05) is 29.9 Å². The maximum absolute atomic E-state index is 12.9. The van der Waals surface area contributed by atoms with Crippen LogP contribution in [0.3, 0.4) is 0 Å². The van der Waals surface area contributed by atoms with Gasteiger partial charge in [0.2, 0.25) is 0 Å². The molecule has 148 valence electrons. The van der Waals surface area contributed by atoms with Gasteiger partial charge in [0.1, 0.15) is 11.6 Å². The summed E-state index contributed by atoms with van der Waals surface area (Å²) >= 11 is 0. The van der Waals surface area contributed by atoms with E-state index < -0.39 is 30.4 Å². The lowest BCUT2D eigenvalue weighted by molar-refractivity contribution is -0.153. The number of rotatable bonds is 7. The summed E-state index contributed by atoms with van der Waals surface area (Å²) in [5.41, 5.74) is 1.77. The smallest absolute Gasteiger partial charge is 0.347 e. The molecule has 6 nitrogen and oxygen atoms in total. The Balaban J connectivity index is 1.42. The average Bonchev–Trinajstić information content (AvgIpc) is 3.23. The minimum atomic E-state index is -0.919. The van der Waals surface area contributed by atoms with Crippen LogP contribution in [0.2, 0.25) is 0 Å². The highest BCUT2D eigenvalue weighted by atomic mass is 19.1. The average molecular weight is 386 g/mol. The fourth-order valence-electron chi connectivity index (χ4n) is 2.95. The molecule has 2 aromatic carbocycles. The van der Waals surface area contributed by atoms with Crippen LogP contribution in [0.25, 0.3) is 0 Å². The van der Waals surface area contributed by atoms with Gasteiger partial charge in [0.25, 0.3) is 5.91 Å². The van der Waals surface area contributed by atoms with Crippen LogP contribution in [-0.2, 0) is 14.3 Å². The predicted octanol–water partition coefficient (Wildman–Crippen LogP) is 3.38. The standard InChI is InChI=1S/C21H23FN2O4/c1-15(28-19-10-4-16(22)5-11-19)21(26)27-14-20(25)23-17-6-8-18(9-7-17)24-12-2-3-13-24/h4-11,15H,2-3,12-14H2,1H3,(H,23,25)/t15-/m1/s1. The number of hydrogen-bond acceptors (Lipinski definition) is 5. The largest absolute Gasteiger partial charge is 0.479 e. The molecule has 3 rings (SSSR count). The summed E-state index contributed by atoms with van der Waals surface area (Å²) in [6.07, 6.45) is 1.48. The summed E-state index contributed by atoms with van der Waals surface area (Å²) in [6, 6.07) is 12.9. The van der Waals surface area contributed by atoms with Crippen LogP contribution in [0.15, 0.2) is 48.5 Å². The van der Waals surface area contributed by atoms with Crippen molar-refractivity contribution in [1.82, 2.24) is 0 Å². The van der Waals surface area contributed by atoms with Crippen LogP contribution in [0.4, 0.5) is 15.8 Å². The van der Waals surface area contributed by atoms with Gasteiger partial charge in [-0.1, -0.05) is 0 Å². The zero-order valence-corrected chi connectivity index (χ0v) is 15.7. The van der Waals surface area contributed by atoms with E-state index in [0.29, 0.717) is 11.4 Å². The first-order valence-corrected chi connectivity index (χ1v) is 9.25. The second-order valence-corrected chi connectivity index (χ2v) is 6.61. The van der Waals surface area contributed by atoms with E-state index in [1.807, 2.05) is 24.3 Å². The molecule has 7 heteroatoms. The number of halogens is 1. The van der Waals surface area contributed by atoms with E-state index in [1.165, 1.54) is 44.0 Å². The first-order valence-electron chi connectivity index (χ1n) is 9.25. The third-order valence-electron chi connectivity index (χ3n) is 4.43. The molecule has 0 bridgehead atoms. The molecule has 0 aliphatic carbocycles. The van der Waals surface area contributed by atoms with Gasteiger partial charge < -0.3 is 19.7 Å². The van der Waals surface area contributed by atoms with Crippen molar-refractivity contribution in [1.29, 1.82) is 0 Å². The Kier molecular flexibility index (Phi) is 6.47. The number of carbonyl (C=O) groups is 2. The van der Waals surface area contributed by atoms with Crippen LogP contribution < -0.4 is 15.0 Å². The van der Waals surface area contributed by atoms with Gasteiger partial charge in [0.15, 0.2) is 12.7 Å². The van der Waals surface area contributed by atoms with Gasteiger partial charge in [-0.3, -0.25) is 4.79 Å². The molecule has 0 unspecified atom stereocenters. The molecule has 1 saturated heterocycles. The molecular weight excluding hydrogens is 363 g/mol. The summed E-state index contributed by atoms with van der Waals surface area (Å²) in [5.74, 6) is -1.17. The fourth-order valence-corrected chi connectivity index (χ4v) is 2.95. The molecule has 1 atom stereocenters. The normalized spacial score (nSPS) is 14.4. The Hall–Kier alpha value is -3.09. The monoisotopic (exact) mass is 386 g/mol. The lowest BCUT2D eigenvalue weighted by Crippen LogP contribution is -2.29. The number of nitrogens with one attached hydrogen (secondary N) is 1. The number of benzene rings is 2. The van der Waals surface area contributed by atoms with Crippen LogP contribution in [0.5, 0.6) is 5.75 Å². The lowest BCUT2D eigenvalue weighted by atomic mass is 10.2. The molecule has 28 heavy (non-hydrogen) atoms. The molecule has 1 fully saturated rings. The van der Waals surface area contributed by atoms with Crippen LogP contribution in [-0.4, -0.2) is 37.7 Å². The maximum Gasteiger partial charge on any atom is 0.347 e. The Labute approximate surface area is 163 Å². The summed E-state index contributed by atoms with van der Waals surface area (Å²) in [5, 5.41) is 2.69. The Morgan fingerprint density at radius 3 is 2.36 bits per heavy atom. The number of hydrogen-bond donors (Lipinski definition) is 1. The summed E-state index contributed by atoms with van der Waals surface area (Å²) in [6.45, 7) is 3.20. The van der Waals surface area contributed by atoms with Crippen molar-refractivity contribution < 1.29 is 23.5 Å². The zero-order valence-electron chi connectivity index (χ0n) is 15.7. The molecule has 0 aromatic heterocycles. The molecule has 1 aliphatic rings. The molecule has 2 aromatic rings. The molecule has 1 heterocycles. The SMILES string of the molecule is C[C@@H](Oc1ccc(F)cc1)C(=O)OCC(=O)Nc1ccc(N2CCCC2)cc1. The van der Waals surface area contributed by atoms with Crippen molar-refractivity contribution in [2.45, 2.75) is 25.9 Å². The summed E-state index contributed by atoms with van der Waals surface area (Å²) in [4.78, 5) is 26.3. The van der Waals surface area contributed by atoms with Crippen molar-refractivity contribution in [3.05, 3.63) is 54.3 Å². The van der Waals surface area contributed by atoms with Crippen LogP contribution in [0, 0.1) is 5.82 Å². The van der Waals surface area contributed by atoms with E-state index in [-0.39, 0.29) is 0 Å². The third-order valence-corrected chi connectivity index (χ3v) is 4.43. The Bertz CT molecular complexity index is 802. The predicted molar refractivity (Wildman–Crippen MR) is 104 cm³/mol. The topological polar surface area (TPSA) is 67.9 Å². The minimum absolute atomic E-state index is 0.341. The quantitative estimate of drug-likeness (QED) is 0.739.